The zero-order valence-corrected chi connectivity index (χ0v) is 20.3. The molecule has 0 radical (unpaired) electrons. The van der Waals surface area contributed by atoms with Crippen LogP contribution in [0.5, 0.6) is 0 Å². The highest BCUT2D eigenvalue weighted by atomic mass is 16.3. The van der Waals surface area contributed by atoms with Gasteiger partial charge in [0.1, 0.15) is 11.8 Å². The molecule has 1 aliphatic rings. The van der Waals surface area contributed by atoms with E-state index in [0.717, 1.165) is 5.57 Å². The summed E-state index contributed by atoms with van der Waals surface area (Å²) in [7, 11) is 0. The second-order valence-corrected chi connectivity index (χ2v) is 9.16. The van der Waals surface area contributed by atoms with Crippen molar-refractivity contribution in [3.63, 3.8) is 0 Å². The van der Waals surface area contributed by atoms with E-state index in [9.17, 15) is 5.11 Å². The highest BCUT2D eigenvalue weighted by molar-refractivity contribution is 5.73. The normalized spacial score (nSPS) is 20.4. The third kappa shape index (κ3) is 8.18. The highest BCUT2D eigenvalue weighted by Gasteiger charge is 2.26. The lowest BCUT2D eigenvalue weighted by molar-refractivity contribution is 0.376. The number of allylic oxidation sites excluding steroid dienone is 12. The van der Waals surface area contributed by atoms with Crippen LogP contribution in [0.15, 0.2) is 87.2 Å². The summed E-state index contributed by atoms with van der Waals surface area (Å²) in [6, 6.07) is -0.277. The molecule has 1 unspecified atom stereocenters. The molecule has 0 aromatic heterocycles. The van der Waals surface area contributed by atoms with E-state index in [2.05, 4.69) is 90.4 Å². The number of aliphatic hydroxyl groups is 1. The van der Waals surface area contributed by atoms with Gasteiger partial charge in [0.25, 0.3) is 0 Å². The van der Waals surface area contributed by atoms with Crippen LogP contribution in [-0.2, 0) is 0 Å². The number of rotatable bonds is 8. The summed E-state index contributed by atoms with van der Waals surface area (Å²) in [5.74, 6) is 0.0810. The molecular formula is C28H41NO. The van der Waals surface area contributed by atoms with Gasteiger partial charge in [-0.05, 0) is 100 Å². The van der Waals surface area contributed by atoms with Gasteiger partial charge < -0.3 is 5.11 Å². The molecule has 2 nitrogen and oxygen atoms in total. The summed E-state index contributed by atoms with van der Waals surface area (Å²) in [4.78, 5) is 4.23. The van der Waals surface area contributed by atoms with E-state index in [0.29, 0.717) is 0 Å². The number of aliphatic imine (C=N–C) groups is 1. The highest BCUT2D eigenvalue weighted by Crippen LogP contribution is 2.41. The van der Waals surface area contributed by atoms with Gasteiger partial charge >= 0.3 is 0 Å². The Morgan fingerprint density at radius 1 is 1.00 bits per heavy atom. The number of hydrogen-bond acceptors (Lipinski definition) is 2. The maximum Gasteiger partial charge on any atom is 0.109 e. The van der Waals surface area contributed by atoms with Gasteiger partial charge in [-0.2, -0.15) is 0 Å². The molecule has 0 fully saturated rings. The fraction of sp³-hybridized carbons (Fsp3) is 0.464. The lowest BCUT2D eigenvalue weighted by Crippen LogP contribution is -2.19. The smallest absolute Gasteiger partial charge is 0.109 e. The van der Waals surface area contributed by atoms with Crippen LogP contribution in [-0.4, -0.2) is 17.4 Å². The third-order valence-electron chi connectivity index (χ3n) is 6.07. The monoisotopic (exact) mass is 407 g/mol. The topological polar surface area (TPSA) is 32.6 Å². The predicted molar refractivity (Wildman–Crippen MR) is 134 cm³/mol. The van der Waals surface area contributed by atoms with Gasteiger partial charge in [-0.3, -0.25) is 4.99 Å². The molecule has 1 aliphatic carbocycles. The first-order valence-corrected chi connectivity index (χ1v) is 10.9. The SMILES string of the molecule is C=C(O)C(C)N=C/C=C(C)/C(C)=C/C=C/C=C(C)/C(C)=C/C1=C(C)CCCC1(C)C. The molecule has 0 saturated carbocycles. The largest absolute Gasteiger partial charge is 0.511 e. The molecule has 0 heterocycles. The Morgan fingerprint density at radius 2 is 1.53 bits per heavy atom. The van der Waals surface area contributed by atoms with Crippen molar-refractivity contribution in [2.75, 3.05) is 0 Å². The van der Waals surface area contributed by atoms with Crippen LogP contribution in [0, 0.1) is 5.41 Å². The predicted octanol–water partition coefficient (Wildman–Crippen LogP) is 8.39. The first-order chi connectivity index (χ1) is 14.0. The van der Waals surface area contributed by atoms with Crippen molar-refractivity contribution in [3.8, 4) is 0 Å². The Balaban J connectivity index is 2.84. The molecule has 1 N–H and O–H groups in total. The van der Waals surface area contributed by atoms with Crippen molar-refractivity contribution >= 4 is 6.21 Å². The van der Waals surface area contributed by atoms with Gasteiger partial charge in [-0.1, -0.05) is 56.4 Å². The van der Waals surface area contributed by atoms with E-state index in [-0.39, 0.29) is 17.2 Å². The Kier molecular flexibility index (Phi) is 10.0. The Bertz CT molecular complexity index is 838. The molecule has 0 amide bonds. The fourth-order valence-corrected chi connectivity index (χ4v) is 3.46. The van der Waals surface area contributed by atoms with Gasteiger partial charge in [0, 0.05) is 6.21 Å². The first kappa shape index (κ1) is 25.7. The molecule has 1 atom stereocenters. The van der Waals surface area contributed by atoms with E-state index in [1.807, 2.05) is 13.0 Å². The third-order valence-corrected chi connectivity index (χ3v) is 6.07. The summed E-state index contributed by atoms with van der Waals surface area (Å²) in [5.41, 5.74) is 8.26. The molecule has 0 aliphatic heterocycles. The first-order valence-electron chi connectivity index (χ1n) is 10.9. The van der Waals surface area contributed by atoms with Gasteiger partial charge in [0.2, 0.25) is 0 Å². The van der Waals surface area contributed by atoms with Crippen molar-refractivity contribution in [3.05, 3.63) is 82.2 Å². The molecule has 2 heteroatoms. The Hall–Kier alpha value is -2.35. The number of hydrogen-bond donors (Lipinski definition) is 1. The summed E-state index contributed by atoms with van der Waals surface area (Å²) in [6.07, 6.45) is 18.3. The van der Waals surface area contributed by atoms with Crippen molar-refractivity contribution in [2.24, 2.45) is 10.4 Å². The van der Waals surface area contributed by atoms with Gasteiger partial charge in [0.05, 0.1) is 0 Å². The minimum absolute atomic E-state index is 0.0810. The second kappa shape index (κ2) is 11.7. The summed E-state index contributed by atoms with van der Waals surface area (Å²) in [5, 5.41) is 9.29. The van der Waals surface area contributed by atoms with Crippen LogP contribution < -0.4 is 0 Å². The maximum absolute atomic E-state index is 9.29. The van der Waals surface area contributed by atoms with E-state index >= 15 is 0 Å². The molecule has 0 bridgehead atoms. The second-order valence-electron chi connectivity index (χ2n) is 9.16. The Labute approximate surface area is 184 Å². The van der Waals surface area contributed by atoms with Crippen LogP contribution >= 0.6 is 0 Å². The minimum atomic E-state index is -0.277. The minimum Gasteiger partial charge on any atom is -0.511 e. The van der Waals surface area contributed by atoms with Crippen LogP contribution in [0.4, 0.5) is 0 Å². The molecule has 1 rings (SSSR count). The Morgan fingerprint density at radius 3 is 2.07 bits per heavy atom. The number of nitrogens with zero attached hydrogens (tertiary/aromatic N) is 1. The average molecular weight is 408 g/mol. The average Bonchev–Trinajstić information content (AvgIpc) is 2.66. The standard InChI is InChI=1S/C28H41NO/c1-20(22(3)16-18-29-25(6)26(7)30)13-10-11-14-21(2)24(5)19-27-23(4)15-12-17-28(27,8)9/h10-11,13-14,16,18-19,25,30H,7,12,15,17H2,1-6,8-9H3/b11-10+,20-13+,21-14+,22-16+,24-19+,29-18?. The molecular weight excluding hydrogens is 366 g/mol. The van der Waals surface area contributed by atoms with Gasteiger partial charge in [-0.25, -0.2) is 0 Å². The van der Waals surface area contributed by atoms with E-state index in [1.165, 1.54) is 47.1 Å². The van der Waals surface area contributed by atoms with E-state index in [1.54, 1.807) is 6.21 Å². The zero-order chi connectivity index (χ0) is 22.9. The van der Waals surface area contributed by atoms with Crippen molar-refractivity contribution in [2.45, 2.75) is 80.7 Å². The van der Waals surface area contributed by atoms with Crippen molar-refractivity contribution in [1.82, 2.24) is 0 Å². The molecule has 164 valence electrons. The molecule has 0 spiro atoms. The molecule has 0 saturated heterocycles. The molecule has 0 aromatic carbocycles. The summed E-state index contributed by atoms with van der Waals surface area (Å²) >= 11 is 0. The van der Waals surface area contributed by atoms with Crippen LogP contribution in [0.25, 0.3) is 0 Å². The maximum atomic E-state index is 9.29. The fourth-order valence-electron chi connectivity index (χ4n) is 3.46. The summed E-state index contributed by atoms with van der Waals surface area (Å²) < 4.78 is 0. The lowest BCUT2D eigenvalue weighted by atomic mass is 9.72. The van der Waals surface area contributed by atoms with Crippen molar-refractivity contribution < 1.29 is 5.11 Å². The van der Waals surface area contributed by atoms with Gasteiger partial charge in [-0.15, -0.1) is 0 Å². The van der Waals surface area contributed by atoms with E-state index in [4.69, 9.17) is 0 Å². The van der Waals surface area contributed by atoms with Crippen LogP contribution in [0.2, 0.25) is 0 Å². The lowest BCUT2D eigenvalue weighted by Gasteiger charge is -2.33. The van der Waals surface area contributed by atoms with Gasteiger partial charge in [0.15, 0.2) is 0 Å². The van der Waals surface area contributed by atoms with Crippen molar-refractivity contribution in [1.29, 1.82) is 0 Å². The van der Waals surface area contributed by atoms with Crippen LogP contribution in [0.1, 0.15) is 74.7 Å². The summed E-state index contributed by atoms with van der Waals surface area (Å²) in [6.45, 7) is 20.8. The molecule has 30 heavy (non-hydrogen) atoms. The van der Waals surface area contributed by atoms with E-state index < -0.39 is 0 Å². The van der Waals surface area contributed by atoms with Crippen LogP contribution in [0.3, 0.4) is 0 Å². The number of aliphatic hydroxyl groups excluding tert-OH is 1. The molecule has 0 aromatic rings. The zero-order valence-electron chi connectivity index (χ0n) is 20.3. The quantitative estimate of drug-likeness (QED) is 0.244.